The third-order valence-electron chi connectivity index (χ3n) is 8.11. The Labute approximate surface area is 290 Å². The van der Waals surface area contributed by atoms with Gasteiger partial charge in [0.05, 0.1) is 30.1 Å². The Kier molecular flexibility index (Phi) is 11.7. The minimum absolute atomic E-state index is 0.00232. The first-order chi connectivity index (χ1) is 23.4. The van der Waals surface area contributed by atoms with Crippen molar-refractivity contribution in [3.8, 4) is 28.1 Å². The van der Waals surface area contributed by atoms with Crippen LogP contribution < -0.4 is 15.4 Å². The number of aromatic nitrogens is 3. The highest BCUT2D eigenvalue weighted by atomic mass is 35.5. The van der Waals surface area contributed by atoms with Crippen molar-refractivity contribution < 1.29 is 32.6 Å². The number of hydrogen-bond acceptors (Lipinski definition) is 7. The van der Waals surface area contributed by atoms with E-state index >= 15 is 0 Å². The number of carbonyl (C=O) groups excluding carboxylic acids is 2. The van der Waals surface area contributed by atoms with Crippen LogP contribution in [-0.2, 0) is 21.0 Å². The maximum Gasteiger partial charge on any atom is 0.411 e. The Morgan fingerprint density at radius 1 is 1.12 bits per heavy atom. The SMILES string of the molecule is COC(=O)Nc1ccc2c(c1)NC(=O)CCCCC(c1ccc(-c3cc(Cl)ccc3OC(F)F)cn1)c1nc-2cn1COCC[Si](C)(C)C. The van der Waals surface area contributed by atoms with Gasteiger partial charge in [0.2, 0.25) is 5.91 Å². The second kappa shape index (κ2) is 15.9. The predicted octanol–water partition coefficient (Wildman–Crippen LogP) is 9.00. The van der Waals surface area contributed by atoms with Gasteiger partial charge in [-0.05, 0) is 61.4 Å². The minimum atomic E-state index is -2.99. The molecule has 260 valence electrons. The zero-order valence-corrected chi connectivity index (χ0v) is 29.7. The van der Waals surface area contributed by atoms with E-state index in [-0.39, 0.29) is 24.3 Å². The summed E-state index contributed by atoms with van der Waals surface area (Å²) in [5.41, 5.74) is 3.92. The van der Waals surface area contributed by atoms with E-state index in [0.717, 1.165) is 17.6 Å². The highest BCUT2D eigenvalue weighted by Gasteiger charge is 2.26. The molecule has 49 heavy (non-hydrogen) atoms. The van der Waals surface area contributed by atoms with Gasteiger partial charge in [0, 0.05) is 60.9 Å². The summed E-state index contributed by atoms with van der Waals surface area (Å²) in [6.45, 7) is 4.77. The number of nitrogens with one attached hydrogen (secondary N) is 2. The lowest BCUT2D eigenvalue weighted by Crippen LogP contribution is -2.22. The van der Waals surface area contributed by atoms with E-state index in [1.165, 1.54) is 19.2 Å². The molecule has 1 aliphatic rings. The van der Waals surface area contributed by atoms with Gasteiger partial charge in [0.25, 0.3) is 0 Å². The number of benzene rings is 2. The Bertz CT molecular complexity index is 1780. The largest absolute Gasteiger partial charge is 0.453 e. The van der Waals surface area contributed by atoms with Crippen molar-refractivity contribution in [1.29, 1.82) is 0 Å². The molecule has 2 amide bonds. The number of halogens is 3. The zero-order valence-electron chi connectivity index (χ0n) is 27.9. The van der Waals surface area contributed by atoms with E-state index in [1.54, 1.807) is 36.5 Å². The normalized spacial score (nSPS) is 15.1. The van der Waals surface area contributed by atoms with Crippen LogP contribution >= 0.6 is 11.6 Å². The number of amides is 2. The summed E-state index contributed by atoms with van der Waals surface area (Å²) in [6.07, 6.45) is 5.16. The molecule has 0 radical (unpaired) electrons. The number of nitrogens with zero attached hydrogens (tertiary/aromatic N) is 3. The molecular formula is C35H40ClF2N5O5Si. The number of methoxy groups -OCH3 is 1. The summed E-state index contributed by atoms with van der Waals surface area (Å²) in [7, 11) is -0.0509. The number of alkyl halides is 2. The van der Waals surface area contributed by atoms with E-state index in [0.29, 0.717) is 71.1 Å². The number of carbonyl (C=O) groups is 2. The fourth-order valence-electron chi connectivity index (χ4n) is 5.55. The van der Waals surface area contributed by atoms with Gasteiger partial charge in [0.15, 0.2) is 0 Å². The molecule has 0 spiro atoms. The number of anilines is 2. The van der Waals surface area contributed by atoms with E-state index in [2.05, 4.69) is 30.3 Å². The molecule has 3 heterocycles. The molecule has 0 saturated carbocycles. The maximum atomic E-state index is 13.2. The van der Waals surface area contributed by atoms with Crippen molar-refractivity contribution in [2.24, 2.45) is 0 Å². The van der Waals surface area contributed by atoms with Crippen LogP contribution in [0.3, 0.4) is 0 Å². The summed E-state index contributed by atoms with van der Waals surface area (Å²) in [4.78, 5) is 34.8. The van der Waals surface area contributed by atoms with Crippen molar-refractivity contribution in [1.82, 2.24) is 14.5 Å². The van der Waals surface area contributed by atoms with E-state index < -0.39 is 20.8 Å². The van der Waals surface area contributed by atoms with Crippen molar-refractivity contribution in [3.63, 3.8) is 0 Å². The summed E-state index contributed by atoms with van der Waals surface area (Å²) in [5, 5.41) is 6.02. The summed E-state index contributed by atoms with van der Waals surface area (Å²) in [5.74, 6) is 0.305. The minimum Gasteiger partial charge on any atom is -0.453 e. The van der Waals surface area contributed by atoms with Gasteiger partial charge in [-0.25, -0.2) is 9.78 Å². The number of imidazole rings is 1. The molecule has 1 aliphatic heterocycles. The molecule has 2 aromatic carbocycles. The van der Waals surface area contributed by atoms with Crippen molar-refractivity contribution in [2.45, 2.75) is 70.6 Å². The lowest BCUT2D eigenvalue weighted by atomic mass is 9.95. The Morgan fingerprint density at radius 3 is 2.65 bits per heavy atom. The molecule has 4 aromatic rings. The average molecular weight is 712 g/mol. The third-order valence-corrected chi connectivity index (χ3v) is 10.0. The Morgan fingerprint density at radius 2 is 1.94 bits per heavy atom. The first-order valence-corrected chi connectivity index (χ1v) is 20.1. The molecule has 5 rings (SSSR count). The zero-order chi connectivity index (χ0) is 35.1. The molecule has 0 saturated heterocycles. The summed E-state index contributed by atoms with van der Waals surface area (Å²) in [6, 6.07) is 14.3. The van der Waals surface area contributed by atoms with Crippen molar-refractivity contribution in [3.05, 3.63) is 77.5 Å². The van der Waals surface area contributed by atoms with E-state index in [9.17, 15) is 18.4 Å². The van der Waals surface area contributed by atoms with Crippen LogP contribution in [0.2, 0.25) is 30.7 Å². The summed E-state index contributed by atoms with van der Waals surface area (Å²) < 4.78 is 44.0. The maximum absolute atomic E-state index is 13.2. The predicted molar refractivity (Wildman–Crippen MR) is 188 cm³/mol. The Balaban J connectivity index is 1.56. The van der Waals surface area contributed by atoms with Gasteiger partial charge in [-0.15, -0.1) is 0 Å². The van der Waals surface area contributed by atoms with Crippen LogP contribution in [0.1, 0.15) is 43.1 Å². The number of fused-ring (bicyclic) bond motifs is 4. The van der Waals surface area contributed by atoms with Crippen LogP contribution in [0.15, 0.2) is 60.9 Å². The van der Waals surface area contributed by atoms with Gasteiger partial charge in [-0.3, -0.25) is 15.1 Å². The molecule has 1 atom stereocenters. The summed E-state index contributed by atoms with van der Waals surface area (Å²) >= 11 is 6.21. The van der Waals surface area contributed by atoms with Gasteiger partial charge in [0.1, 0.15) is 18.3 Å². The van der Waals surface area contributed by atoms with Crippen LogP contribution in [0.25, 0.3) is 22.4 Å². The first kappa shape index (κ1) is 36.0. The van der Waals surface area contributed by atoms with Gasteiger partial charge in [-0.1, -0.05) is 43.7 Å². The van der Waals surface area contributed by atoms with Crippen molar-refractivity contribution >= 4 is 43.1 Å². The fraction of sp³-hybridized carbons (Fsp3) is 0.371. The molecular weight excluding hydrogens is 672 g/mol. The van der Waals surface area contributed by atoms with Crippen LogP contribution in [0.4, 0.5) is 25.0 Å². The second-order valence-corrected chi connectivity index (χ2v) is 19.1. The molecule has 10 nitrogen and oxygen atoms in total. The number of pyridine rings is 1. The molecule has 0 aliphatic carbocycles. The molecule has 14 heteroatoms. The monoisotopic (exact) mass is 711 g/mol. The number of rotatable bonds is 10. The lowest BCUT2D eigenvalue weighted by Gasteiger charge is -2.20. The Hall–Kier alpha value is -4.33. The highest BCUT2D eigenvalue weighted by molar-refractivity contribution is 6.76. The van der Waals surface area contributed by atoms with Gasteiger partial charge >= 0.3 is 12.7 Å². The van der Waals surface area contributed by atoms with Gasteiger partial charge in [-0.2, -0.15) is 8.78 Å². The fourth-order valence-corrected chi connectivity index (χ4v) is 6.48. The number of ether oxygens (including phenoxy) is 3. The lowest BCUT2D eigenvalue weighted by molar-refractivity contribution is -0.116. The van der Waals surface area contributed by atoms with Crippen LogP contribution in [0, 0.1) is 0 Å². The van der Waals surface area contributed by atoms with Crippen molar-refractivity contribution in [2.75, 3.05) is 24.4 Å². The highest BCUT2D eigenvalue weighted by Crippen LogP contribution is 2.38. The molecule has 2 bridgehead atoms. The average Bonchev–Trinajstić information content (AvgIpc) is 3.46. The van der Waals surface area contributed by atoms with E-state index in [1.807, 2.05) is 16.8 Å². The molecule has 1 unspecified atom stereocenters. The van der Waals surface area contributed by atoms with Gasteiger partial charge < -0.3 is 24.1 Å². The van der Waals surface area contributed by atoms with Crippen LogP contribution in [-0.4, -0.2) is 54.9 Å². The molecule has 2 N–H and O–H groups in total. The first-order valence-electron chi connectivity index (χ1n) is 16.0. The topological polar surface area (TPSA) is 117 Å². The molecule has 2 aromatic heterocycles. The van der Waals surface area contributed by atoms with E-state index in [4.69, 9.17) is 35.8 Å². The second-order valence-electron chi connectivity index (χ2n) is 13.0. The quantitative estimate of drug-likeness (QED) is 0.125. The number of hydrogen-bond donors (Lipinski definition) is 2. The smallest absolute Gasteiger partial charge is 0.411 e. The molecule has 0 fully saturated rings. The van der Waals surface area contributed by atoms with Crippen LogP contribution in [0.5, 0.6) is 5.75 Å². The third kappa shape index (κ3) is 9.64. The standard InChI is InChI=1S/C35H40ClF2N5O5Si/c1-46-35(45)40-24-11-12-25-29(18-24)41-32(44)8-6-5-7-26(33-42-30(25)20-43(33)21-47-15-16-49(2,3)4)28-13-9-22(19-39-28)27-17-23(36)10-14-31(27)48-34(37)38/h9-14,17-20,26,34H,5-8,15-16,21H2,1-4H3,(H,40,45)(H,41,44).